The van der Waals surface area contributed by atoms with Crippen LogP contribution in [0, 0.1) is 0 Å². The number of aliphatic carboxylic acids is 1. The molecule has 6 heteroatoms. The molecule has 0 unspecified atom stereocenters. The maximum Gasteiger partial charge on any atom is 0.326 e. The van der Waals surface area contributed by atoms with Gasteiger partial charge < -0.3 is 5.11 Å². The molecule has 1 aliphatic rings. The summed E-state index contributed by atoms with van der Waals surface area (Å²) < 4.78 is 0.312. The minimum Gasteiger partial charge on any atom is -0.480 e. The third kappa shape index (κ3) is 4.00. The molecule has 4 nitrogen and oxygen atoms in total. The van der Waals surface area contributed by atoms with Crippen LogP contribution < -0.4 is 0 Å². The second-order valence-corrected chi connectivity index (χ2v) is 6.97. The molecule has 2 rings (SSSR count). The Morgan fingerprint density at radius 1 is 1.35 bits per heavy atom. The highest BCUT2D eigenvalue weighted by atomic mass is 32.2. The van der Waals surface area contributed by atoms with Crippen molar-refractivity contribution in [2.75, 3.05) is 0 Å². The minimum atomic E-state index is -1.02. The lowest BCUT2D eigenvalue weighted by Gasteiger charge is -2.22. The van der Waals surface area contributed by atoms with Crippen LogP contribution in [0.2, 0.25) is 0 Å². The quantitative estimate of drug-likeness (QED) is 0.627. The highest BCUT2D eigenvalue weighted by molar-refractivity contribution is 8.26. The molecule has 1 fully saturated rings. The van der Waals surface area contributed by atoms with Crippen molar-refractivity contribution in [1.29, 1.82) is 0 Å². The van der Waals surface area contributed by atoms with Gasteiger partial charge >= 0.3 is 5.97 Å². The Morgan fingerprint density at radius 2 is 2.00 bits per heavy atom. The van der Waals surface area contributed by atoms with Gasteiger partial charge in [-0.05, 0) is 30.0 Å². The van der Waals surface area contributed by atoms with Crippen molar-refractivity contribution in [2.24, 2.45) is 0 Å². The second-order valence-electron chi connectivity index (χ2n) is 5.29. The van der Waals surface area contributed by atoms with Crippen LogP contribution >= 0.6 is 24.0 Å². The van der Waals surface area contributed by atoms with Gasteiger partial charge in [0.05, 0.1) is 4.91 Å². The van der Waals surface area contributed by atoms with E-state index in [1.54, 1.807) is 6.08 Å². The average Bonchev–Trinajstić information content (AvgIpc) is 2.80. The van der Waals surface area contributed by atoms with Gasteiger partial charge in [0.1, 0.15) is 10.4 Å². The highest BCUT2D eigenvalue weighted by Crippen LogP contribution is 2.34. The van der Waals surface area contributed by atoms with Crippen LogP contribution in [0.3, 0.4) is 0 Å². The van der Waals surface area contributed by atoms with Gasteiger partial charge in [-0.15, -0.1) is 0 Å². The zero-order chi connectivity index (χ0) is 17.0. The van der Waals surface area contributed by atoms with Gasteiger partial charge in [-0.1, -0.05) is 68.5 Å². The van der Waals surface area contributed by atoms with Crippen LogP contribution in [0.15, 0.2) is 29.2 Å². The molecule has 1 aromatic rings. The summed E-state index contributed by atoms with van der Waals surface area (Å²) in [6, 6.07) is 7.05. The molecule has 0 aromatic heterocycles. The summed E-state index contributed by atoms with van der Waals surface area (Å²) in [5.41, 5.74) is 2.13. The number of benzene rings is 1. The predicted molar refractivity (Wildman–Crippen MR) is 97.2 cm³/mol. The van der Waals surface area contributed by atoms with Crippen LogP contribution in [0.5, 0.6) is 0 Å². The number of carboxylic acids is 1. The lowest BCUT2D eigenvalue weighted by molar-refractivity contribution is -0.145. The van der Waals surface area contributed by atoms with E-state index in [0.717, 1.165) is 23.7 Å². The molecule has 0 spiro atoms. The number of nitrogens with zero attached hydrogens (tertiary/aromatic N) is 1. The molecule has 1 heterocycles. The number of carboxylic acid groups (broad SMARTS) is 1. The second kappa shape index (κ2) is 7.75. The fourth-order valence-electron chi connectivity index (χ4n) is 2.39. The van der Waals surface area contributed by atoms with Crippen molar-refractivity contribution < 1.29 is 14.7 Å². The highest BCUT2D eigenvalue weighted by Gasteiger charge is 2.39. The van der Waals surface area contributed by atoms with Gasteiger partial charge in [-0.2, -0.15) is 0 Å². The number of rotatable bonds is 6. The lowest BCUT2D eigenvalue weighted by Crippen LogP contribution is -2.43. The van der Waals surface area contributed by atoms with Crippen LogP contribution in [0.4, 0.5) is 0 Å². The van der Waals surface area contributed by atoms with E-state index in [-0.39, 0.29) is 5.91 Å². The van der Waals surface area contributed by atoms with Crippen LogP contribution in [-0.4, -0.2) is 32.2 Å². The van der Waals surface area contributed by atoms with Crippen LogP contribution in [-0.2, 0) is 16.0 Å². The Bertz CT molecular complexity index is 652. The first-order valence-electron chi connectivity index (χ1n) is 7.56. The largest absolute Gasteiger partial charge is 0.480 e. The van der Waals surface area contributed by atoms with E-state index < -0.39 is 12.0 Å². The van der Waals surface area contributed by atoms with E-state index in [1.807, 2.05) is 31.2 Å². The molecular formula is C17H19NO3S2. The zero-order valence-corrected chi connectivity index (χ0v) is 14.7. The monoisotopic (exact) mass is 349 g/mol. The predicted octanol–water partition coefficient (Wildman–Crippen LogP) is 3.70. The summed E-state index contributed by atoms with van der Waals surface area (Å²) in [5, 5.41) is 9.35. The van der Waals surface area contributed by atoms with Crippen molar-refractivity contribution in [3.05, 3.63) is 40.3 Å². The fraction of sp³-hybridized carbons (Fsp3) is 0.353. The SMILES string of the molecule is CCC[C@@H](C(=O)O)N1C(=O)/C(=C/c2ccc(CC)cc2)SC1=S. The average molecular weight is 349 g/mol. The Kier molecular flexibility index (Phi) is 5.96. The molecule has 0 bridgehead atoms. The van der Waals surface area contributed by atoms with Gasteiger partial charge in [-0.25, -0.2) is 4.79 Å². The summed E-state index contributed by atoms with van der Waals surface area (Å²) in [4.78, 5) is 25.7. The summed E-state index contributed by atoms with van der Waals surface area (Å²) in [7, 11) is 0. The normalized spacial score (nSPS) is 17.8. The number of hydrogen-bond acceptors (Lipinski definition) is 4. The van der Waals surface area contributed by atoms with E-state index >= 15 is 0 Å². The standard InChI is InChI=1S/C17H19NO3S2/c1-3-5-13(16(20)21)18-15(19)14(23-17(18)22)10-12-8-6-11(4-2)7-9-12/h6-10,13H,3-5H2,1-2H3,(H,20,21)/b14-10-/t13-/m0/s1. The molecule has 1 aliphatic heterocycles. The number of carbonyl (C=O) groups excluding carboxylic acids is 1. The van der Waals surface area contributed by atoms with Crippen LogP contribution in [0.1, 0.15) is 37.8 Å². The summed E-state index contributed by atoms with van der Waals surface area (Å²) in [6.07, 6.45) is 3.79. The number of amides is 1. The molecule has 1 amide bonds. The molecular weight excluding hydrogens is 330 g/mol. The molecule has 122 valence electrons. The van der Waals surface area contributed by atoms with E-state index in [0.29, 0.717) is 22.1 Å². The first-order chi connectivity index (χ1) is 11.0. The maximum absolute atomic E-state index is 12.6. The lowest BCUT2D eigenvalue weighted by atomic mass is 10.1. The van der Waals surface area contributed by atoms with Crippen molar-refractivity contribution in [3.63, 3.8) is 0 Å². The van der Waals surface area contributed by atoms with Gasteiger partial charge in [0.25, 0.3) is 5.91 Å². The molecule has 1 aromatic carbocycles. The van der Waals surface area contributed by atoms with E-state index in [9.17, 15) is 14.7 Å². The number of carbonyl (C=O) groups is 2. The van der Waals surface area contributed by atoms with E-state index in [2.05, 4.69) is 6.92 Å². The van der Waals surface area contributed by atoms with Gasteiger partial charge in [0.15, 0.2) is 0 Å². The van der Waals surface area contributed by atoms with Gasteiger partial charge in [-0.3, -0.25) is 9.69 Å². The Labute approximate surface area is 145 Å². The number of aryl methyl sites for hydroxylation is 1. The maximum atomic E-state index is 12.6. The molecule has 23 heavy (non-hydrogen) atoms. The third-order valence-corrected chi connectivity index (χ3v) is 5.00. The first kappa shape index (κ1) is 17.7. The van der Waals surface area contributed by atoms with Crippen molar-refractivity contribution in [2.45, 2.75) is 39.2 Å². The van der Waals surface area contributed by atoms with Crippen LogP contribution in [0.25, 0.3) is 6.08 Å². The molecule has 0 radical (unpaired) electrons. The number of thiocarbonyl (C=S) groups is 1. The summed E-state index contributed by atoms with van der Waals surface area (Å²) in [6.45, 7) is 3.97. The molecule has 1 N–H and O–H groups in total. The van der Waals surface area contributed by atoms with Gasteiger partial charge in [0, 0.05) is 0 Å². The van der Waals surface area contributed by atoms with E-state index in [4.69, 9.17) is 12.2 Å². The molecule has 1 atom stereocenters. The third-order valence-electron chi connectivity index (χ3n) is 3.67. The molecule has 0 aliphatic carbocycles. The Hall–Kier alpha value is -1.66. The summed E-state index contributed by atoms with van der Waals surface area (Å²) in [5.74, 6) is -1.34. The Morgan fingerprint density at radius 3 is 2.52 bits per heavy atom. The minimum absolute atomic E-state index is 0.312. The number of hydrogen-bond donors (Lipinski definition) is 1. The van der Waals surface area contributed by atoms with E-state index in [1.165, 1.54) is 10.5 Å². The van der Waals surface area contributed by atoms with Crippen molar-refractivity contribution in [1.82, 2.24) is 4.90 Å². The molecule has 1 saturated heterocycles. The molecule has 0 saturated carbocycles. The first-order valence-corrected chi connectivity index (χ1v) is 8.79. The Balaban J connectivity index is 2.25. The summed E-state index contributed by atoms with van der Waals surface area (Å²) >= 11 is 6.39. The van der Waals surface area contributed by atoms with Crippen molar-refractivity contribution >= 4 is 46.3 Å². The topological polar surface area (TPSA) is 57.6 Å². The number of thioether (sulfide) groups is 1. The van der Waals surface area contributed by atoms with Gasteiger partial charge in [0.2, 0.25) is 0 Å². The fourth-order valence-corrected chi connectivity index (χ4v) is 3.74. The smallest absolute Gasteiger partial charge is 0.326 e. The van der Waals surface area contributed by atoms with Crippen molar-refractivity contribution in [3.8, 4) is 0 Å². The zero-order valence-electron chi connectivity index (χ0n) is 13.1.